The van der Waals surface area contributed by atoms with E-state index in [1.54, 1.807) is 12.4 Å². The summed E-state index contributed by atoms with van der Waals surface area (Å²) >= 11 is 0. The largest absolute Gasteiger partial charge is 0.394 e. The summed E-state index contributed by atoms with van der Waals surface area (Å²) in [5.41, 5.74) is 0. The molecule has 0 aliphatic carbocycles. The fourth-order valence-corrected chi connectivity index (χ4v) is 1.37. The van der Waals surface area contributed by atoms with Gasteiger partial charge in [-0.25, -0.2) is 23.5 Å². The van der Waals surface area contributed by atoms with Crippen molar-refractivity contribution in [2.45, 2.75) is 12.8 Å². The number of sulfonamides is 1. The third kappa shape index (κ3) is 16.6. The molecule has 1 fully saturated rings. The molecule has 0 bridgehead atoms. The van der Waals surface area contributed by atoms with E-state index in [1.165, 1.54) is 12.8 Å². The van der Waals surface area contributed by atoms with Crippen molar-refractivity contribution < 1.29 is 25.9 Å². The van der Waals surface area contributed by atoms with Crippen LogP contribution < -0.4 is 10.0 Å². The van der Waals surface area contributed by atoms with E-state index in [4.69, 9.17) is 17.5 Å². The molecule has 1 aromatic rings. The van der Waals surface area contributed by atoms with Gasteiger partial charge in [0.1, 0.15) is 0 Å². The van der Waals surface area contributed by atoms with Crippen molar-refractivity contribution in [2.24, 2.45) is 5.14 Å². The summed E-state index contributed by atoms with van der Waals surface area (Å²) in [6.45, 7) is 2.23. The van der Waals surface area contributed by atoms with Crippen molar-refractivity contribution in [3.63, 3.8) is 0 Å². The predicted molar refractivity (Wildman–Crippen MR) is 76.7 cm³/mol. The molecule has 12 heteroatoms. The third-order valence-electron chi connectivity index (χ3n) is 1.94. The van der Waals surface area contributed by atoms with Gasteiger partial charge in [-0.3, -0.25) is 9.11 Å². The molecule has 0 saturated carbocycles. The van der Waals surface area contributed by atoms with E-state index in [9.17, 15) is 8.42 Å². The highest BCUT2D eigenvalue weighted by atomic mass is 32.3. The minimum atomic E-state index is -4.67. The predicted octanol–water partition coefficient (Wildman–Crippen LogP) is -0.671. The van der Waals surface area contributed by atoms with Crippen LogP contribution in [0.5, 0.6) is 0 Å². The van der Waals surface area contributed by atoms with Gasteiger partial charge in [-0.2, -0.15) is 8.42 Å². The normalized spacial score (nSPS) is 14.6. The molecule has 1 aromatic heterocycles. The van der Waals surface area contributed by atoms with Crippen molar-refractivity contribution in [1.29, 1.82) is 0 Å². The molecule has 4 N–H and O–H groups in total. The SMILES string of the molecule is CS(N)(=O)=O.O=S(=O)(O)O.c1cnc(N2CCCC2)nc1. The van der Waals surface area contributed by atoms with Crippen LogP contribution in [0.1, 0.15) is 12.8 Å². The Bertz CT molecular complexity index is 552. The maximum absolute atomic E-state index is 9.41. The maximum atomic E-state index is 9.41. The Hall–Kier alpha value is -1.34. The Morgan fingerprint density at radius 3 is 1.76 bits per heavy atom. The van der Waals surface area contributed by atoms with Crippen molar-refractivity contribution in [3.8, 4) is 0 Å². The highest BCUT2D eigenvalue weighted by Crippen LogP contribution is 2.13. The zero-order chi connectivity index (χ0) is 16.5. The summed E-state index contributed by atoms with van der Waals surface area (Å²) in [4.78, 5) is 10.6. The van der Waals surface area contributed by atoms with E-state index in [0.717, 1.165) is 25.3 Å². The fraction of sp³-hybridized carbons (Fsp3) is 0.556. The standard InChI is InChI=1S/C8H11N3.CH5NO2S.H2O4S/c1-2-7-11(6-1)8-9-4-3-5-10-8;2*1-5(2,3)4/h3-5H,1-2,6-7H2;1H3,(H2,2,3,4);(H2,1,2,3,4). The van der Waals surface area contributed by atoms with Crippen LogP contribution >= 0.6 is 0 Å². The summed E-state index contributed by atoms with van der Waals surface area (Å²) in [7, 11) is -7.83. The van der Waals surface area contributed by atoms with Gasteiger partial charge in [0, 0.05) is 25.5 Å². The van der Waals surface area contributed by atoms with Crippen molar-refractivity contribution >= 4 is 26.4 Å². The van der Waals surface area contributed by atoms with Crippen molar-refractivity contribution in [3.05, 3.63) is 18.5 Å². The van der Waals surface area contributed by atoms with Gasteiger partial charge < -0.3 is 4.90 Å². The summed E-state index contributed by atoms with van der Waals surface area (Å²) in [6, 6.07) is 1.85. The number of rotatable bonds is 1. The lowest BCUT2D eigenvalue weighted by Crippen LogP contribution is -2.19. The molecule has 2 heterocycles. The smallest absolute Gasteiger partial charge is 0.341 e. The van der Waals surface area contributed by atoms with E-state index in [0.29, 0.717) is 0 Å². The lowest BCUT2D eigenvalue weighted by Gasteiger charge is -2.13. The highest BCUT2D eigenvalue weighted by Gasteiger charge is 2.13. The molecule has 0 spiro atoms. The van der Waals surface area contributed by atoms with E-state index in [1.807, 2.05) is 6.07 Å². The molecule has 1 aliphatic rings. The maximum Gasteiger partial charge on any atom is 0.394 e. The molecule has 0 radical (unpaired) electrons. The molecule has 122 valence electrons. The summed E-state index contributed by atoms with van der Waals surface area (Å²) in [5, 5.41) is 4.33. The average molecular weight is 342 g/mol. The highest BCUT2D eigenvalue weighted by molar-refractivity contribution is 7.88. The van der Waals surface area contributed by atoms with Gasteiger partial charge in [0.25, 0.3) is 0 Å². The minimum Gasteiger partial charge on any atom is -0.341 e. The van der Waals surface area contributed by atoms with Gasteiger partial charge in [-0.05, 0) is 18.9 Å². The van der Waals surface area contributed by atoms with Crippen molar-refractivity contribution in [1.82, 2.24) is 9.97 Å². The third-order valence-corrected chi connectivity index (χ3v) is 1.94. The van der Waals surface area contributed by atoms with Gasteiger partial charge in [0.05, 0.1) is 6.26 Å². The molecule has 2 rings (SSSR count). The molecular formula is C9H18N4O6S2. The molecule has 21 heavy (non-hydrogen) atoms. The van der Waals surface area contributed by atoms with Crippen LogP contribution in [0.25, 0.3) is 0 Å². The van der Waals surface area contributed by atoms with Crippen LogP contribution in [0.15, 0.2) is 18.5 Å². The number of hydrogen-bond acceptors (Lipinski definition) is 7. The van der Waals surface area contributed by atoms with Crippen LogP contribution in [0, 0.1) is 0 Å². The monoisotopic (exact) mass is 342 g/mol. The van der Waals surface area contributed by atoms with Gasteiger partial charge in [0.15, 0.2) is 0 Å². The van der Waals surface area contributed by atoms with E-state index < -0.39 is 20.4 Å². The Labute approximate surface area is 123 Å². The van der Waals surface area contributed by atoms with Crippen LogP contribution in [0.3, 0.4) is 0 Å². The lowest BCUT2D eigenvalue weighted by atomic mass is 10.4. The number of anilines is 1. The summed E-state index contributed by atoms with van der Waals surface area (Å²) < 4.78 is 50.4. The van der Waals surface area contributed by atoms with Crippen LogP contribution in [-0.4, -0.2) is 55.3 Å². The second kappa shape index (κ2) is 8.84. The Balaban J connectivity index is 0.000000340. The summed E-state index contributed by atoms with van der Waals surface area (Å²) in [5.74, 6) is 0.880. The van der Waals surface area contributed by atoms with Gasteiger partial charge in [-0.1, -0.05) is 0 Å². The number of hydrogen-bond donors (Lipinski definition) is 3. The zero-order valence-electron chi connectivity index (χ0n) is 11.3. The second-order valence-electron chi connectivity index (χ2n) is 4.02. The topological polar surface area (TPSA) is 164 Å². The number of nitrogens with two attached hydrogens (primary N) is 1. The molecule has 1 aliphatic heterocycles. The molecule has 0 unspecified atom stereocenters. The Morgan fingerprint density at radius 1 is 1.10 bits per heavy atom. The van der Waals surface area contributed by atoms with Gasteiger partial charge >= 0.3 is 10.4 Å². The lowest BCUT2D eigenvalue weighted by molar-refractivity contribution is 0.381. The van der Waals surface area contributed by atoms with Gasteiger partial charge in [0.2, 0.25) is 16.0 Å². The second-order valence-corrected chi connectivity index (χ2v) is 6.58. The van der Waals surface area contributed by atoms with E-state index in [2.05, 4.69) is 20.0 Å². The first-order valence-corrected chi connectivity index (χ1v) is 9.01. The fourth-order valence-electron chi connectivity index (χ4n) is 1.37. The molecular weight excluding hydrogens is 324 g/mol. The molecule has 10 nitrogen and oxygen atoms in total. The van der Waals surface area contributed by atoms with E-state index >= 15 is 0 Å². The van der Waals surface area contributed by atoms with Crippen LogP contribution in [-0.2, 0) is 20.4 Å². The molecule has 0 aromatic carbocycles. The summed E-state index contributed by atoms with van der Waals surface area (Å²) in [6.07, 6.45) is 7.07. The molecule has 1 saturated heterocycles. The first-order valence-electron chi connectivity index (χ1n) is 5.66. The zero-order valence-corrected chi connectivity index (χ0v) is 13.0. The Morgan fingerprint density at radius 2 is 1.43 bits per heavy atom. The Kier molecular flexibility index (Phi) is 8.27. The number of nitrogens with zero attached hydrogens (tertiary/aromatic N) is 3. The van der Waals surface area contributed by atoms with Gasteiger partial charge in [-0.15, -0.1) is 0 Å². The van der Waals surface area contributed by atoms with E-state index in [-0.39, 0.29) is 0 Å². The molecule has 0 amide bonds. The van der Waals surface area contributed by atoms with Crippen LogP contribution in [0.4, 0.5) is 5.95 Å². The van der Waals surface area contributed by atoms with Crippen molar-refractivity contribution in [2.75, 3.05) is 24.2 Å². The quantitative estimate of drug-likeness (QED) is 0.561. The first kappa shape index (κ1) is 19.7. The van der Waals surface area contributed by atoms with Crippen LogP contribution in [0.2, 0.25) is 0 Å². The average Bonchev–Trinajstić information content (AvgIpc) is 2.79. The minimum absolute atomic E-state index is 0.880. The first-order chi connectivity index (χ1) is 9.47. The number of aromatic nitrogens is 2. The molecule has 0 atom stereocenters. The number of primary sulfonamides is 1.